The zero-order valence-electron chi connectivity index (χ0n) is 19.2. The second-order valence-electron chi connectivity index (χ2n) is 8.82. The molecular formula is C28H29N3O2. The van der Waals surface area contributed by atoms with Crippen LogP contribution in [0.4, 0.5) is 0 Å². The molecule has 0 bridgehead atoms. The number of rotatable bonds is 5. The summed E-state index contributed by atoms with van der Waals surface area (Å²) in [6.07, 6.45) is 1.66. The quantitative estimate of drug-likeness (QED) is 0.577. The van der Waals surface area contributed by atoms with E-state index in [1.165, 1.54) is 16.7 Å². The summed E-state index contributed by atoms with van der Waals surface area (Å²) in [4.78, 5) is 15.8. The minimum atomic E-state index is -0.100. The van der Waals surface area contributed by atoms with E-state index in [9.17, 15) is 4.79 Å². The predicted molar refractivity (Wildman–Crippen MR) is 130 cm³/mol. The number of carbonyl (C=O) groups is 1. The molecule has 2 heterocycles. The molecule has 0 aliphatic carbocycles. The first kappa shape index (κ1) is 21.4. The van der Waals surface area contributed by atoms with Crippen LogP contribution in [0.2, 0.25) is 0 Å². The van der Waals surface area contributed by atoms with Gasteiger partial charge in [0.15, 0.2) is 0 Å². The second-order valence-corrected chi connectivity index (χ2v) is 8.82. The number of hydrogen-bond acceptors (Lipinski definition) is 4. The Hall–Kier alpha value is -3.44. The average molecular weight is 440 g/mol. The molecule has 3 aromatic rings. The fourth-order valence-electron chi connectivity index (χ4n) is 4.87. The zero-order valence-corrected chi connectivity index (χ0v) is 19.2. The van der Waals surface area contributed by atoms with Gasteiger partial charge in [-0.05, 0) is 47.7 Å². The van der Waals surface area contributed by atoms with E-state index in [-0.39, 0.29) is 11.9 Å². The molecule has 5 nitrogen and oxygen atoms in total. The van der Waals surface area contributed by atoms with Crippen molar-refractivity contribution >= 4 is 11.6 Å². The average Bonchev–Trinajstić information content (AvgIpc) is 3.30. The van der Waals surface area contributed by atoms with Crippen LogP contribution in [0.25, 0.3) is 0 Å². The number of methoxy groups -OCH3 is 1. The largest absolute Gasteiger partial charge is 0.497 e. The maximum absolute atomic E-state index is 13.6. The molecule has 5 rings (SSSR count). The first-order chi connectivity index (χ1) is 16.1. The van der Waals surface area contributed by atoms with Crippen molar-refractivity contribution in [2.24, 2.45) is 5.10 Å². The van der Waals surface area contributed by atoms with Crippen molar-refractivity contribution in [2.45, 2.75) is 32.4 Å². The van der Waals surface area contributed by atoms with Gasteiger partial charge in [0.1, 0.15) is 5.75 Å². The highest BCUT2D eigenvalue weighted by Gasteiger charge is 2.34. The molecule has 1 atom stereocenters. The van der Waals surface area contributed by atoms with Gasteiger partial charge in [0.25, 0.3) is 5.91 Å². The summed E-state index contributed by atoms with van der Waals surface area (Å²) in [5.74, 6) is 0.833. The highest BCUT2D eigenvalue weighted by atomic mass is 16.5. The van der Waals surface area contributed by atoms with Crippen LogP contribution in [0.5, 0.6) is 5.75 Å². The van der Waals surface area contributed by atoms with Gasteiger partial charge in [-0.1, -0.05) is 60.7 Å². The summed E-state index contributed by atoms with van der Waals surface area (Å²) in [6, 6.07) is 24.6. The van der Waals surface area contributed by atoms with Crippen LogP contribution in [-0.4, -0.2) is 41.7 Å². The lowest BCUT2D eigenvalue weighted by Crippen LogP contribution is -2.40. The molecule has 2 aliphatic heterocycles. The van der Waals surface area contributed by atoms with Gasteiger partial charge in [-0.2, -0.15) is 5.10 Å². The summed E-state index contributed by atoms with van der Waals surface area (Å²) in [5, 5.41) is 6.58. The number of ether oxygens (including phenoxy) is 1. The maximum atomic E-state index is 13.6. The summed E-state index contributed by atoms with van der Waals surface area (Å²) in [5.41, 5.74) is 6.94. The van der Waals surface area contributed by atoms with E-state index < -0.39 is 0 Å². The van der Waals surface area contributed by atoms with Gasteiger partial charge >= 0.3 is 0 Å². The lowest BCUT2D eigenvalue weighted by molar-refractivity contribution is -0.134. The van der Waals surface area contributed by atoms with Crippen LogP contribution in [0.15, 0.2) is 77.9 Å². The Kier molecular flexibility index (Phi) is 5.97. The molecule has 0 N–H and O–H groups in total. The minimum Gasteiger partial charge on any atom is -0.497 e. The number of aryl methyl sites for hydroxylation is 1. The standard InChI is InChI=1S/C28H29N3O2/c1-20-8-3-6-13-25(20)27-17-26(22-11-7-12-24(16-22)33-2)29-31(27)28(32)19-30-15-14-21-9-4-5-10-23(21)18-30/h3-13,16,27H,14-15,17-19H2,1-2H3. The van der Waals surface area contributed by atoms with E-state index in [2.05, 4.69) is 48.2 Å². The monoisotopic (exact) mass is 439 g/mol. The normalized spacial score (nSPS) is 18.1. The molecule has 0 radical (unpaired) electrons. The molecule has 33 heavy (non-hydrogen) atoms. The molecule has 0 fully saturated rings. The number of hydrazone groups is 1. The highest BCUT2D eigenvalue weighted by Crippen LogP contribution is 2.35. The molecule has 3 aromatic carbocycles. The van der Waals surface area contributed by atoms with E-state index in [0.717, 1.165) is 42.1 Å². The molecule has 5 heteroatoms. The molecule has 0 saturated carbocycles. The predicted octanol–water partition coefficient (Wildman–Crippen LogP) is 4.74. The van der Waals surface area contributed by atoms with Gasteiger partial charge in [-0.25, -0.2) is 5.01 Å². The van der Waals surface area contributed by atoms with Crippen LogP contribution >= 0.6 is 0 Å². The van der Waals surface area contributed by atoms with Gasteiger partial charge < -0.3 is 4.74 Å². The van der Waals surface area contributed by atoms with Crippen molar-refractivity contribution in [3.63, 3.8) is 0 Å². The Morgan fingerprint density at radius 3 is 2.64 bits per heavy atom. The molecule has 0 spiro atoms. The van der Waals surface area contributed by atoms with Crippen LogP contribution in [0.3, 0.4) is 0 Å². The van der Waals surface area contributed by atoms with Crippen molar-refractivity contribution in [1.82, 2.24) is 9.91 Å². The van der Waals surface area contributed by atoms with Crippen molar-refractivity contribution in [3.8, 4) is 5.75 Å². The van der Waals surface area contributed by atoms with E-state index >= 15 is 0 Å². The summed E-state index contributed by atoms with van der Waals surface area (Å²) in [7, 11) is 1.66. The summed E-state index contributed by atoms with van der Waals surface area (Å²) >= 11 is 0. The van der Waals surface area contributed by atoms with Crippen molar-refractivity contribution in [3.05, 3.63) is 101 Å². The van der Waals surface area contributed by atoms with Crippen molar-refractivity contribution < 1.29 is 9.53 Å². The van der Waals surface area contributed by atoms with Crippen LogP contribution in [-0.2, 0) is 17.8 Å². The number of hydrogen-bond donors (Lipinski definition) is 0. The minimum absolute atomic E-state index is 0.0422. The Bertz CT molecular complexity index is 1200. The number of benzene rings is 3. The third kappa shape index (κ3) is 4.41. The lowest BCUT2D eigenvalue weighted by Gasteiger charge is -2.30. The lowest BCUT2D eigenvalue weighted by atomic mass is 9.95. The Labute approximate surface area is 195 Å². The van der Waals surface area contributed by atoms with Gasteiger partial charge in [-0.15, -0.1) is 0 Å². The highest BCUT2D eigenvalue weighted by molar-refractivity contribution is 6.03. The van der Waals surface area contributed by atoms with Gasteiger partial charge in [0.2, 0.25) is 0 Å². The van der Waals surface area contributed by atoms with Gasteiger partial charge in [0, 0.05) is 25.1 Å². The fourth-order valence-corrected chi connectivity index (χ4v) is 4.87. The Morgan fingerprint density at radius 1 is 1.03 bits per heavy atom. The van der Waals surface area contributed by atoms with Crippen LogP contribution in [0.1, 0.15) is 40.3 Å². The Balaban J connectivity index is 1.42. The third-order valence-electron chi connectivity index (χ3n) is 6.68. The molecule has 0 aromatic heterocycles. The topological polar surface area (TPSA) is 45.1 Å². The van der Waals surface area contributed by atoms with Crippen molar-refractivity contribution in [1.29, 1.82) is 0 Å². The number of nitrogens with zero attached hydrogens (tertiary/aromatic N) is 3. The second kappa shape index (κ2) is 9.20. The maximum Gasteiger partial charge on any atom is 0.257 e. The third-order valence-corrected chi connectivity index (χ3v) is 6.68. The SMILES string of the molecule is COc1cccc(C2=NN(C(=O)CN3CCc4ccccc4C3)C(c3ccccc3C)C2)c1. The van der Waals surface area contributed by atoms with Crippen molar-refractivity contribution in [2.75, 3.05) is 20.2 Å². The summed E-state index contributed by atoms with van der Waals surface area (Å²) < 4.78 is 5.41. The van der Waals surface area contributed by atoms with E-state index in [1.807, 2.05) is 36.4 Å². The molecule has 1 unspecified atom stereocenters. The smallest absolute Gasteiger partial charge is 0.257 e. The Morgan fingerprint density at radius 2 is 1.82 bits per heavy atom. The number of fused-ring (bicyclic) bond motifs is 1. The first-order valence-corrected chi connectivity index (χ1v) is 11.5. The number of amides is 1. The van der Waals surface area contributed by atoms with Crippen LogP contribution in [0, 0.1) is 6.92 Å². The zero-order chi connectivity index (χ0) is 22.8. The molecule has 2 aliphatic rings. The van der Waals surface area contributed by atoms with E-state index in [1.54, 1.807) is 12.1 Å². The first-order valence-electron chi connectivity index (χ1n) is 11.5. The van der Waals surface area contributed by atoms with Crippen LogP contribution < -0.4 is 4.74 Å². The fraction of sp³-hybridized carbons (Fsp3) is 0.286. The van der Waals surface area contributed by atoms with Gasteiger partial charge in [0.05, 0.1) is 25.4 Å². The molecule has 1 amide bonds. The molecule has 0 saturated heterocycles. The van der Waals surface area contributed by atoms with Gasteiger partial charge in [-0.3, -0.25) is 9.69 Å². The number of carbonyl (C=O) groups excluding carboxylic acids is 1. The molecular weight excluding hydrogens is 410 g/mol. The molecule has 168 valence electrons. The summed E-state index contributed by atoms with van der Waals surface area (Å²) in [6.45, 7) is 4.16. The van der Waals surface area contributed by atoms with E-state index in [0.29, 0.717) is 13.0 Å². The van der Waals surface area contributed by atoms with E-state index in [4.69, 9.17) is 9.84 Å².